The van der Waals surface area contributed by atoms with Crippen molar-refractivity contribution in [2.75, 3.05) is 11.1 Å². The van der Waals surface area contributed by atoms with Gasteiger partial charge in [0.25, 0.3) is 11.8 Å². The standard InChI is InChI=1S/C76H60N6O11S3/c1-49(83)89-62-39-38-55(46-63(62)90-50(2)84)69(74(88)92-68(53-28-14-5-15-29-53)54-30-16-6-17-31-54)93-81-64(61-48-96-75(78-61)80-76(57-32-18-7-19-33-57,58-34-20-8-21-35-58)59-36-22-9-23-37-59)70(85)79-65-71(86)82-66(56(47-95-72(65)82)42-45-94-60-40-43-77-44-41-60)73(87)91-67(51-24-10-3-11-25-51)52-26-12-4-13-27-52/h3-46,48,65,67-69,72H,47H2,1-2H3,(H,78,80)(H,79,85)/b45-42+,81-64-/t65-,69-,72+/m1/s1. The summed E-state index contributed by atoms with van der Waals surface area (Å²) < 4.78 is 23.8. The zero-order valence-corrected chi connectivity index (χ0v) is 54.0. The number of nitrogens with zero attached hydrogens (tertiary/aromatic N) is 4. The van der Waals surface area contributed by atoms with Crippen LogP contribution in [-0.2, 0) is 48.6 Å². The first kappa shape index (κ1) is 64.9. The van der Waals surface area contributed by atoms with Gasteiger partial charge in [0.2, 0.25) is 6.10 Å². The lowest BCUT2D eigenvalue weighted by atomic mass is 9.77. The van der Waals surface area contributed by atoms with Crippen molar-refractivity contribution >= 4 is 81.4 Å². The second-order valence-corrected chi connectivity index (χ2v) is 24.9. The summed E-state index contributed by atoms with van der Waals surface area (Å²) in [5.41, 5.74) is 4.14. The van der Waals surface area contributed by atoms with Crippen molar-refractivity contribution in [1.82, 2.24) is 20.2 Å². The number of anilines is 1. The summed E-state index contributed by atoms with van der Waals surface area (Å²) in [6.07, 6.45) is 1.42. The lowest BCUT2D eigenvalue weighted by molar-refractivity contribution is -0.162. The van der Waals surface area contributed by atoms with Crippen molar-refractivity contribution in [3.05, 3.63) is 333 Å². The minimum Gasteiger partial charge on any atom is -0.449 e. The van der Waals surface area contributed by atoms with E-state index in [0.29, 0.717) is 33.0 Å². The highest BCUT2D eigenvalue weighted by atomic mass is 32.2. The number of fused-ring (bicyclic) bond motifs is 1. The number of esters is 4. The number of rotatable bonds is 24. The minimum absolute atomic E-state index is 0.00219. The Bertz CT molecular complexity index is 4320. The number of hydrogen-bond acceptors (Lipinski definition) is 18. The fourth-order valence-electron chi connectivity index (χ4n) is 11.2. The number of oxime groups is 1. The SMILES string of the molecule is CC(=O)Oc1ccc([C@@H](O/N=C(\C(=O)N[C@@H]2C(=O)N3C(C(=O)OC(c4ccccc4)c4ccccc4)=C(/C=C/Sc4ccncc4)CS[C@@H]23)c2csc(NC(c3ccccc3)(c3ccccc3)c3ccccc3)n2)C(=O)OC(c2ccccc2)c2ccccc2)cc1OC(C)=O. The maximum Gasteiger partial charge on any atom is 0.356 e. The molecule has 1 saturated heterocycles. The van der Waals surface area contributed by atoms with Gasteiger partial charge in [0.05, 0.1) is 0 Å². The van der Waals surface area contributed by atoms with Gasteiger partial charge in [-0.2, -0.15) is 0 Å². The number of aromatic nitrogens is 2. The first-order chi connectivity index (χ1) is 46.9. The van der Waals surface area contributed by atoms with E-state index < -0.39 is 76.7 Å². The lowest BCUT2D eigenvalue weighted by Crippen LogP contribution is -2.71. The van der Waals surface area contributed by atoms with Gasteiger partial charge in [0.1, 0.15) is 28.3 Å². The van der Waals surface area contributed by atoms with Crippen LogP contribution in [0, 0.1) is 0 Å². The highest BCUT2D eigenvalue weighted by Gasteiger charge is 2.55. The Kier molecular flexibility index (Phi) is 20.5. The van der Waals surface area contributed by atoms with Gasteiger partial charge in [-0.3, -0.25) is 29.1 Å². The predicted octanol–water partition coefficient (Wildman–Crippen LogP) is 13.9. The third-order valence-corrected chi connectivity index (χ3v) is 18.5. The van der Waals surface area contributed by atoms with Gasteiger partial charge in [0, 0.05) is 47.8 Å². The van der Waals surface area contributed by atoms with Crippen molar-refractivity contribution < 1.29 is 52.6 Å². The second-order valence-electron chi connectivity index (χ2n) is 21.9. The van der Waals surface area contributed by atoms with Crippen LogP contribution in [0.3, 0.4) is 0 Å². The highest BCUT2D eigenvalue weighted by Crippen LogP contribution is 2.44. The molecule has 20 heteroatoms. The molecule has 0 aliphatic carbocycles. The second kappa shape index (κ2) is 30.3. The number of ether oxygens (including phenoxy) is 4. The number of carbonyl (C=O) groups is 6. The van der Waals surface area contributed by atoms with Crippen molar-refractivity contribution in [3.8, 4) is 11.5 Å². The first-order valence-electron chi connectivity index (χ1n) is 30.4. The smallest absolute Gasteiger partial charge is 0.356 e. The molecule has 2 amide bonds. The Morgan fingerprint density at radius 1 is 0.615 bits per heavy atom. The molecule has 96 heavy (non-hydrogen) atoms. The van der Waals surface area contributed by atoms with Gasteiger partial charge < -0.3 is 34.4 Å². The number of pyridine rings is 1. The molecule has 10 aromatic rings. The molecule has 12 rings (SSSR count). The summed E-state index contributed by atoms with van der Waals surface area (Å²) >= 11 is 3.89. The number of hydrogen-bond donors (Lipinski definition) is 2. The summed E-state index contributed by atoms with van der Waals surface area (Å²) in [7, 11) is 0. The molecule has 0 radical (unpaired) electrons. The molecule has 0 unspecified atom stereocenters. The molecule has 4 heterocycles. The van der Waals surface area contributed by atoms with E-state index in [1.807, 2.05) is 181 Å². The van der Waals surface area contributed by atoms with Crippen molar-refractivity contribution in [2.24, 2.45) is 5.16 Å². The van der Waals surface area contributed by atoms with E-state index in [1.54, 1.807) is 72.4 Å². The maximum atomic E-state index is 15.6. The molecule has 2 N–H and O–H groups in total. The van der Waals surface area contributed by atoms with Gasteiger partial charge in [-0.1, -0.05) is 235 Å². The molecule has 2 aromatic heterocycles. The van der Waals surface area contributed by atoms with Crippen LogP contribution in [0.4, 0.5) is 5.13 Å². The van der Waals surface area contributed by atoms with Crippen LogP contribution in [0.15, 0.2) is 293 Å². The normalized spacial score (nSPS) is 14.9. The fraction of sp³-hybridized carbons (Fsp3) is 0.118. The van der Waals surface area contributed by atoms with E-state index in [4.69, 9.17) is 28.8 Å². The Morgan fingerprint density at radius 2 is 1.10 bits per heavy atom. The van der Waals surface area contributed by atoms with Crippen molar-refractivity contribution in [3.63, 3.8) is 0 Å². The van der Waals surface area contributed by atoms with Crippen LogP contribution >= 0.6 is 34.9 Å². The van der Waals surface area contributed by atoms with Gasteiger partial charge in [-0.15, -0.1) is 23.1 Å². The quantitative estimate of drug-likeness (QED) is 0.0109. The molecule has 8 aromatic carbocycles. The number of allylic oxidation sites excluding steroid dienone is 1. The maximum absolute atomic E-state index is 15.6. The van der Waals surface area contributed by atoms with Gasteiger partial charge in [-0.05, 0) is 80.3 Å². The largest absolute Gasteiger partial charge is 0.449 e. The number of carbonyl (C=O) groups excluding carboxylic acids is 6. The molecule has 0 spiro atoms. The van der Waals surface area contributed by atoms with Crippen LogP contribution in [-0.4, -0.2) is 73.4 Å². The average molecular weight is 1330 g/mol. The van der Waals surface area contributed by atoms with E-state index in [1.165, 1.54) is 53.5 Å². The van der Waals surface area contributed by atoms with E-state index >= 15 is 19.2 Å². The van der Waals surface area contributed by atoms with Crippen LogP contribution in [0.2, 0.25) is 0 Å². The molecule has 478 valence electrons. The third kappa shape index (κ3) is 14.8. The molecule has 3 atom stereocenters. The van der Waals surface area contributed by atoms with Gasteiger partial charge in [0.15, 0.2) is 34.6 Å². The molecule has 0 saturated carbocycles. The van der Waals surface area contributed by atoms with Crippen LogP contribution < -0.4 is 20.1 Å². The fourth-order valence-corrected chi connectivity index (χ4v) is 13.9. The molecule has 2 aliphatic heterocycles. The summed E-state index contributed by atoms with van der Waals surface area (Å²) in [4.78, 5) is 104. The summed E-state index contributed by atoms with van der Waals surface area (Å²) in [5, 5.41) is 14.1. The Hall–Kier alpha value is -11.2. The number of nitrogens with one attached hydrogen (secondary N) is 2. The zero-order chi connectivity index (χ0) is 66.4. The molecule has 0 bridgehead atoms. The minimum atomic E-state index is -1.85. The number of benzene rings is 8. The number of β-lactam (4-membered cyclic amide) rings is 1. The van der Waals surface area contributed by atoms with E-state index in [2.05, 4.69) is 20.8 Å². The van der Waals surface area contributed by atoms with Gasteiger partial charge in [-0.25, -0.2) is 14.6 Å². The Labute approximate surface area is 565 Å². The number of thioether (sulfide) groups is 2. The predicted molar refractivity (Wildman–Crippen MR) is 367 cm³/mol. The third-order valence-electron chi connectivity index (χ3n) is 15.6. The molecule has 17 nitrogen and oxygen atoms in total. The van der Waals surface area contributed by atoms with Crippen LogP contribution in [0.1, 0.15) is 82.4 Å². The Balaban J connectivity index is 0.943. The van der Waals surface area contributed by atoms with Crippen molar-refractivity contribution in [1.29, 1.82) is 0 Å². The van der Waals surface area contributed by atoms with Gasteiger partial charge >= 0.3 is 23.9 Å². The molecular formula is C76H60N6O11S3. The summed E-state index contributed by atoms with van der Waals surface area (Å²) in [6, 6.07) is 72.6. The zero-order valence-electron chi connectivity index (χ0n) is 51.6. The van der Waals surface area contributed by atoms with E-state index in [-0.39, 0.29) is 34.2 Å². The first-order valence-corrected chi connectivity index (χ1v) is 33.2. The van der Waals surface area contributed by atoms with Crippen LogP contribution in [0.5, 0.6) is 11.5 Å². The van der Waals surface area contributed by atoms with E-state index in [0.717, 1.165) is 39.8 Å². The van der Waals surface area contributed by atoms with Crippen LogP contribution in [0.25, 0.3) is 0 Å². The molecular weight excluding hydrogens is 1270 g/mol. The molecule has 2 aliphatic rings. The summed E-state index contributed by atoms with van der Waals surface area (Å²) in [6.45, 7) is 2.33. The number of thiazole rings is 1. The monoisotopic (exact) mass is 1330 g/mol. The number of amides is 2. The summed E-state index contributed by atoms with van der Waals surface area (Å²) in [5.74, 6) is -5.01. The topological polar surface area (TPSA) is 214 Å². The molecule has 1 fully saturated rings. The average Bonchev–Trinajstić information content (AvgIpc) is 0.965. The lowest BCUT2D eigenvalue weighted by Gasteiger charge is -2.49. The van der Waals surface area contributed by atoms with Crippen molar-refractivity contribution in [2.45, 2.75) is 54.0 Å². The van der Waals surface area contributed by atoms with E-state index in [9.17, 15) is 9.59 Å². The highest BCUT2D eigenvalue weighted by molar-refractivity contribution is 8.02. The Morgan fingerprint density at radius 3 is 1.61 bits per heavy atom.